The van der Waals surface area contributed by atoms with Crippen LogP contribution in [0, 0.1) is 0 Å². The number of halogens is 3. The van der Waals surface area contributed by atoms with E-state index in [2.05, 4.69) is 14.7 Å². The van der Waals surface area contributed by atoms with Gasteiger partial charge in [0, 0.05) is 38.3 Å². The SMILES string of the molecule is O=Cc1cnc(N2CCC(Oc3ccc(OC(F)(F)F)cc3)CC2)nc1. The molecule has 2 heterocycles. The lowest BCUT2D eigenvalue weighted by molar-refractivity contribution is -0.274. The van der Waals surface area contributed by atoms with Crippen LogP contribution in [0.25, 0.3) is 0 Å². The van der Waals surface area contributed by atoms with E-state index in [0.29, 0.717) is 36.6 Å². The third-order valence-electron chi connectivity index (χ3n) is 3.88. The van der Waals surface area contributed by atoms with Gasteiger partial charge in [-0.2, -0.15) is 0 Å². The number of benzene rings is 1. The van der Waals surface area contributed by atoms with Crippen LogP contribution < -0.4 is 14.4 Å². The molecular weight excluding hydrogens is 351 g/mol. The molecule has 0 amide bonds. The second kappa shape index (κ2) is 7.59. The van der Waals surface area contributed by atoms with Gasteiger partial charge in [0.25, 0.3) is 0 Å². The number of alkyl halides is 3. The second-order valence-corrected chi connectivity index (χ2v) is 5.76. The Morgan fingerprint density at radius 3 is 2.15 bits per heavy atom. The number of aldehydes is 1. The molecule has 0 unspecified atom stereocenters. The smallest absolute Gasteiger partial charge is 0.490 e. The summed E-state index contributed by atoms with van der Waals surface area (Å²) in [5.74, 6) is 0.767. The average molecular weight is 367 g/mol. The predicted octanol–water partition coefficient (Wildman–Crippen LogP) is 3.24. The number of hydrogen-bond acceptors (Lipinski definition) is 6. The fourth-order valence-electron chi connectivity index (χ4n) is 2.64. The van der Waals surface area contributed by atoms with Crippen LogP contribution in [0.4, 0.5) is 19.1 Å². The van der Waals surface area contributed by atoms with Gasteiger partial charge in [-0.1, -0.05) is 0 Å². The van der Waals surface area contributed by atoms with Crippen molar-refractivity contribution < 1.29 is 27.4 Å². The molecule has 9 heteroatoms. The molecule has 0 N–H and O–H groups in total. The van der Waals surface area contributed by atoms with Gasteiger partial charge in [-0.15, -0.1) is 13.2 Å². The van der Waals surface area contributed by atoms with Gasteiger partial charge in [0.15, 0.2) is 6.29 Å². The van der Waals surface area contributed by atoms with E-state index < -0.39 is 6.36 Å². The summed E-state index contributed by atoms with van der Waals surface area (Å²) in [4.78, 5) is 20.9. The van der Waals surface area contributed by atoms with Crippen LogP contribution in [-0.2, 0) is 0 Å². The second-order valence-electron chi connectivity index (χ2n) is 5.76. The molecule has 0 atom stereocenters. The molecule has 0 bridgehead atoms. The molecule has 1 aromatic carbocycles. The van der Waals surface area contributed by atoms with Crippen molar-refractivity contribution in [1.82, 2.24) is 9.97 Å². The van der Waals surface area contributed by atoms with E-state index in [1.807, 2.05) is 4.90 Å². The van der Waals surface area contributed by atoms with Crippen LogP contribution in [0.2, 0.25) is 0 Å². The average Bonchev–Trinajstić information content (AvgIpc) is 2.63. The molecule has 1 aromatic heterocycles. The first-order valence-electron chi connectivity index (χ1n) is 7.97. The van der Waals surface area contributed by atoms with Gasteiger partial charge < -0.3 is 14.4 Å². The van der Waals surface area contributed by atoms with Gasteiger partial charge in [0.1, 0.15) is 17.6 Å². The van der Waals surface area contributed by atoms with E-state index >= 15 is 0 Å². The molecule has 1 aliphatic rings. The minimum absolute atomic E-state index is 0.0464. The molecular formula is C17H16F3N3O3. The third kappa shape index (κ3) is 4.84. The molecule has 0 aliphatic carbocycles. The summed E-state index contributed by atoms with van der Waals surface area (Å²) >= 11 is 0. The Labute approximate surface area is 147 Å². The molecule has 0 spiro atoms. The zero-order chi connectivity index (χ0) is 18.6. The maximum Gasteiger partial charge on any atom is 0.573 e. The normalized spacial score (nSPS) is 15.6. The molecule has 26 heavy (non-hydrogen) atoms. The highest BCUT2D eigenvalue weighted by Gasteiger charge is 2.31. The summed E-state index contributed by atoms with van der Waals surface area (Å²) in [6, 6.07) is 5.35. The van der Waals surface area contributed by atoms with Crippen molar-refractivity contribution in [3.8, 4) is 11.5 Å². The van der Waals surface area contributed by atoms with Crippen molar-refractivity contribution >= 4 is 12.2 Å². The Kier molecular flexibility index (Phi) is 5.24. The van der Waals surface area contributed by atoms with E-state index in [4.69, 9.17) is 4.74 Å². The third-order valence-corrected chi connectivity index (χ3v) is 3.88. The lowest BCUT2D eigenvalue weighted by Gasteiger charge is -2.32. The summed E-state index contributed by atoms with van der Waals surface area (Å²) in [6.45, 7) is 1.36. The minimum Gasteiger partial charge on any atom is -0.490 e. The Balaban J connectivity index is 1.51. The first-order valence-corrected chi connectivity index (χ1v) is 7.97. The molecule has 0 radical (unpaired) electrons. The molecule has 3 rings (SSSR count). The maximum absolute atomic E-state index is 12.1. The highest BCUT2D eigenvalue weighted by atomic mass is 19.4. The number of aromatic nitrogens is 2. The van der Waals surface area contributed by atoms with E-state index in [-0.39, 0.29) is 11.9 Å². The van der Waals surface area contributed by atoms with Crippen LogP contribution >= 0.6 is 0 Å². The van der Waals surface area contributed by atoms with Crippen LogP contribution in [0.15, 0.2) is 36.7 Å². The quantitative estimate of drug-likeness (QED) is 0.756. The van der Waals surface area contributed by atoms with Crippen LogP contribution in [0.5, 0.6) is 11.5 Å². The van der Waals surface area contributed by atoms with Crippen molar-refractivity contribution in [3.63, 3.8) is 0 Å². The molecule has 138 valence electrons. The van der Waals surface area contributed by atoms with Crippen molar-refractivity contribution in [1.29, 1.82) is 0 Å². The maximum atomic E-state index is 12.1. The van der Waals surface area contributed by atoms with E-state index in [1.165, 1.54) is 36.7 Å². The van der Waals surface area contributed by atoms with Crippen molar-refractivity contribution in [2.24, 2.45) is 0 Å². The largest absolute Gasteiger partial charge is 0.573 e. The van der Waals surface area contributed by atoms with Crippen LogP contribution in [0.3, 0.4) is 0 Å². The fraction of sp³-hybridized carbons (Fsp3) is 0.353. The number of carbonyl (C=O) groups is 1. The standard InChI is InChI=1S/C17H16F3N3O3/c18-17(19,20)26-15-3-1-13(2-4-15)25-14-5-7-23(8-6-14)16-21-9-12(11-24)10-22-16/h1-4,9-11,14H,5-8H2. The van der Waals surface area contributed by atoms with Crippen molar-refractivity contribution in [3.05, 3.63) is 42.2 Å². The Hall–Kier alpha value is -2.84. The molecule has 2 aromatic rings. The molecule has 1 saturated heterocycles. The molecule has 1 fully saturated rings. The highest BCUT2D eigenvalue weighted by Crippen LogP contribution is 2.26. The summed E-state index contributed by atoms with van der Waals surface area (Å²) in [5.41, 5.74) is 0.421. The number of carbonyl (C=O) groups excluding carboxylic acids is 1. The Morgan fingerprint density at radius 2 is 1.62 bits per heavy atom. The van der Waals surface area contributed by atoms with Crippen LogP contribution in [0.1, 0.15) is 23.2 Å². The van der Waals surface area contributed by atoms with Crippen LogP contribution in [-0.4, -0.2) is 41.8 Å². The number of anilines is 1. The van der Waals surface area contributed by atoms with Crippen molar-refractivity contribution in [2.45, 2.75) is 25.3 Å². The number of rotatable bonds is 5. The summed E-state index contributed by atoms with van der Waals surface area (Å²) < 4.78 is 46.1. The van der Waals surface area contributed by atoms with Gasteiger partial charge in [-0.25, -0.2) is 9.97 Å². The minimum atomic E-state index is -4.71. The van der Waals surface area contributed by atoms with Gasteiger partial charge >= 0.3 is 6.36 Å². The van der Waals surface area contributed by atoms with E-state index in [0.717, 1.165) is 12.8 Å². The number of ether oxygens (including phenoxy) is 2. The van der Waals surface area contributed by atoms with E-state index in [1.54, 1.807) is 0 Å². The topological polar surface area (TPSA) is 64.6 Å². The summed E-state index contributed by atoms with van der Waals surface area (Å²) in [5, 5.41) is 0. The fourth-order valence-corrected chi connectivity index (χ4v) is 2.64. The highest BCUT2D eigenvalue weighted by molar-refractivity contribution is 5.73. The van der Waals surface area contributed by atoms with Gasteiger partial charge in [-0.3, -0.25) is 4.79 Å². The zero-order valence-corrected chi connectivity index (χ0v) is 13.6. The number of nitrogens with zero attached hydrogens (tertiary/aromatic N) is 3. The lowest BCUT2D eigenvalue weighted by atomic mass is 10.1. The number of piperidine rings is 1. The molecule has 0 saturated carbocycles. The summed E-state index contributed by atoms with van der Waals surface area (Å²) in [7, 11) is 0. The predicted molar refractivity (Wildman–Crippen MR) is 86.4 cm³/mol. The zero-order valence-electron chi connectivity index (χ0n) is 13.6. The first kappa shape index (κ1) is 18.0. The Bertz CT molecular complexity index is 728. The summed E-state index contributed by atoms with van der Waals surface area (Å²) in [6.07, 6.45) is 0.329. The monoisotopic (exact) mass is 367 g/mol. The van der Waals surface area contributed by atoms with Gasteiger partial charge in [0.05, 0.1) is 5.56 Å². The van der Waals surface area contributed by atoms with Gasteiger partial charge in [0.2, 0.25) is 5.95 Å². The molecule has 1 aliphatic heterocycles. The van der Waals surface area contributed by atoms with Crippen molar-refractivity contribution in [2.75, 3.05) is 18.0 Å². The first-order chi connectivity index (χ1) is 12.4. The lowest BCUT2D eigenvalue weighted by Crippen LogP contribution is -2.39. The van der Waals surface area contributed by atoms with E-state index in [9.17, 15) is 18.0 Å². The number of hydrogen-bond donors (Lipinski definition) is 0. The molecule has 6 nitrogen and oxygen atoms in total. The van der Waals surface area contributed by atoms with Gasteiger partial charge in [-0.05, 0) is 24.3 Å². The Morgan fingerprint density at radius 1 is 1.04 bits per heavy atom.